The van der Waals surface area contributed by atoms with Crippen molar-refractivity contribution in [3.8, 4) is 0 Å². The van der Waals surface area contributed by atoms with Gasteiger partial charge >= 0.3 is 0 Å². The van der Waals surface area contributed by atoms with E-state index >= 15 is 0 Å². The smallest absolute Gasteiger partial charge is 0.0799 e. The second kappa shape index (κ2) is 10.6. The van der Waals surface area contributed by atoms with Crippen molar-refractivity contribution >= 4 is 22.7 Å². The molecule has 0 unspecified atom stereocenters. The molecule has 0 radical (unpaired) electrons. The van der Waals surface area contributed by atoms with E-state index in [-0.39, 0.29) is 7.43 Å². The van der Waals surface area contributed by atoms with E-state index in [4.69, 9.17) is 11.5 Å². The fourth-order valence-corrected chi connectivity index (χ4v) is 2.79. The molecule has 2 aromatic carbocycles. The van der Waals surface area contributed by atoms with E-state index in [1.54, 1.807) is 0 Å². The maximum absolute atomic E-state index is 5.70. The Hall–Kier alpha value is -2.40. The van der Waals surface area contributed by atoms with Gasteiger partial charge in [0.25, 0.3) is 0 Å². The first kappa shape index (κ1) is 21.6. The SMILES string of the molecule is C[N+](C)(CCCNc1ccc(N)cc1)CCCNc1ccc(N)cc1.[CH3-]. The van der Waals surface area contributed by atoms with Crippen molar-refractivity contribution in [2.24, 2.45) is 0 Å². The van der Waals surface area contributed by atoms with Crippen molar-refractivity contribution in [3.05, 3.63) is 56.0 Å². The Labute approximate surface area is 159 Å². The van der Waals surface area contributed by atoms with Crippen LogP contribution >= 0.6 is 0 Å². The number of nitrogens with two attached hydrogens (primary N) is 2. The van der Waals surface area contributed by atoms with Crippen LogP contribution < -0.4 is 22.1 Å². The van der Waals surface area contributed by atoms with E-state index in [0.29, 0.717) is 0 Å². The van der Waals surface area contributed by atoms with Crippen molar-refractivity contribution < 1.29 is 4.48 Å². The summed E-state index contributed by atoms with van der Waals surface area (Å²) in [4.78, 5) is 0. The first-order chi connectivity index (χ1) is 11.9. The highest BCUT2D eigenvalue weighted by molar-refractivity contribution is 5.51. The minimum absolute atomic E-state index is 0. The summed E-state index contributed by atoms with van der Waals surface area (Å²) in [5, 5.41) is 6.90. The van der Waals surface area contributed by atoms with Crippen molar-refractivity contribution in [2.45, 2.75) is 12.8 Å². The molecule has 2 rings (SSSR count). The lowest BCUT2D eigenvalue weighted by Crippen LogP contribution is -2.42. The maximum Gasteiger partial charge on any atom is 0.0799 e. The highest BCUT2D eigenvalue weighted by atomic mass is 15.3. The molecule has 0 amide bonds. The second-order valence-corrected chi connectivity index (χ2v) is 7.19. The van der Waals surface area contributed by atoms with E-state index in [0.717, 1.165) is 66.3 Å². The first-order valence-electron chi connectivity index (χ1n) is 8.95. The van der Waals surface area contributed by atoms with Crippen LogP contribution in [0.3, 0.4) is 0 Å². The third kappa shape index (κ3) is 8.12. The van der Waals surface area contributed by atoms with Crippen LogP contribution in [0.25, 0.3) is 0 Å². The number of quaternary nitrogens is 1. The van der Waals surface area contributed by atoms with Gasteiger partial charge in [-0.25, -0.2) is 0 Å². The largest absolute Gasteiger partial charge is 0.399 e. The van der Waals surface area contributed by atoms with Gasteiger partial charge in [0.1, 0.15) is 0 Å². The van der Waals surface area contributed by atoms with Crippen LogP contribution in [0.15, 0.2) is 48.5 Å². The van der Waals surface area contributed by atoms with E-state index in [1.807, 2.05) is 48.5 Å². The van der Waals surface area contributed by atoms with Crippen LogP contribution in [-0.2, 0) is 0 Å². The molecule has 0 saturated heterocycles. The Morgan fingerprint density at radius 2 is 1.04 bits per heavy atom. The molecule has 0 heterocycles. The van der Waals surface area contributed by atoms with Gasteiger partial charge in [0.2, 0.25) is 0 Å². The molecule has 144 valence electrons. The van der Waals surface area contributed by atoms with Crippen LogP contribution in [0.2, 0.25) is 0 Å². The summed E-state index contributed by atoms with van der Waals surface area (Å²) in [6.45, 7) is 4.28. The molecule has 6 N–H and O–H groups in total. The summed E-state index contributed by atoms with van der Waals surface area (Å²) in [5.74, 6) is 0. The molecular weight excluding hydrogens is 322 g/mol. The Balaban J connectivity index is 0.00000338. The van der Waals surface area contributed by atoms with Gasteiger partial charge in [-0.05, 0) is 48.5 Å². The Kier molecular flexibility index (Phi) is 8.79. The van der Waals surface area contributed by atoms with Crippen LogP contribution in [-0.4, -0.2) is 44.8 Å². The zero-order valence-corrected chi connectivity index (χ0v) is 16.5. The van der Waals surface area contributed by atoms with Crippen molar-refractivity contribution in [1.29, 1.82) is 0 Å². The number of nitrogens with one attached hydrogen (secondary N) is 2. The fourth-order valence-electron chi connectivity index (χ4n) is 2.79. The number of nitrogen functional groups attached to an aromatic ring is 2. The van der Waals surface area contributed by atoms with Gasteiger partial charge in [0.15, 0.2) is 0 Å². The van der Waals surface area contributed by atoms with E-state index in [9.17, 15) is 0 Å². The molecule has 0 atom stereocenters. The van der Waals surface area contributed by atoms with Gasteiger partial charge in [-0.3, -0.25) is 0 Å². The summed E-state index contributed by atoms with van der Waals surface area (Å²) in [6.07, 6.45) is 2.28. The topological polar surface area (TPSA) is 76.1 Å². The molecule has 0 aromatic heterocycles. The summed E-state index contributed by atoms with van der Waals surface area (Å²) in [6, 6.07) is 15.8. The lowest BCUT2D eigenvalue weighted by molar-refractivity contribution is -0.890. The Morgan fingerprint density at radius 1 is 0.692 bits per heavy atom. The number of nitrogens with zero attached hydrogens (tertiary/aromatic N) is 1. The minimum Gasteiger partial charge on any atom is -0.399 e. The predicted octanol–water partition coefficient (Wildman–Crippen LogP) is 3.68. The van der Waals surface area contributed by atoms with Gasteiger partial charge in [0.05, 0.1) is 27.2 Å². The standard InChI is InChI=1S/C20H32N5.CH3/c1-25(2,15-3-13-23-19-9-5-17(21)6-10-19)16-4-14-24-20-11-7-18(22)8-12-20;/h5-12,23-24H,3-4,13-16,21-22H2,1-2H3;1H3/q+1;-1. The minimum atomic E-state index is 0. The zero-order chi connectivity index (χ0) is 18.1. The van der Waals surface area contributed by atoms with Gasteiger partial charge in [-0.15, -0.1) is 0 Å². The molecule has 0 aliphatic heterocycles. The number of benzene rings is 2. The zero-order valence-electron chi connectivity index (χ0n) is 16.5. The van der Waals surface area contributed by atoms with E-state index in [2.05, 4.69) is 24.7 Å². The predicted molar refractivity (Wildman–Crippen MR) is 116 cm³/mol. The Bertz CT molecular complexity index is 564. The Morgan fingerprint density at radius 3 is 1.38 bits per heavy atom. The fraction of sp³-hybridized carbons (Fsp3) is 0.381. The molecule has 0 aliphatic rings. The molecule has 0 saturated carbocycles. The maximum atomic E-state index is 5.70. The highest BCUT2D eigenvalue weighted by Crippen LogP contribution is 2.12. The lowest BCUT2D eigenvalue weighted by atomic mass is 10.2. The average Bonchev–Trinajstić information content (AvgIpc) is 2.59. The molecule has 5 nitrogen and oxygen atoms in total. The summed E-state index contributed by atoms with van der Waals surface area (Å²) < 4.78 is 1.03. The second-order valence-electron chi connectivity index (χ2n) is 7.19. The van der Waals surface area contributed by atoms with Gasteiger partial charge < -0.3 is 34.0 Å². The molecular formula is C21H35N5. The van der Waals surface area contributed by atoms with E-state index in [1.165, 1.54) is 0 Å². The van der Waals surface area contributed by atoms with Crippen LogP contribution in [0, 0.1) is 7.43 Å². The number of hydrogen-bond acceptors (Lipinski definition) is 4. The van der Waals surface area contributed by atoms with Crippen LogP contribution in [0.1, 0.15) is 12.8 Å². The molecule has 2 aromatic rings. The number of rotatable bonds is 10. The van der Waals surface area contributed by atoms with Crippen LogP contribution in [0.5, 0.6) is 0 Å². The number of hydrogen-bond donors (Lipinski definition) is 4. The van der Waals surface area contributed by atoms with E-state index < -0.39 is 0 Å². The van der Waals surface area contributed by atoms with Gasteiger partial charge in [-0.2, -0.15) is 0 Å². The number of anilines is 4. The highest BCUT2D eigenvalue weighted by Gasteiger charge is 2.13. The third-order valence-corrected chi connectivity index (χ3v) is 4.36. The molecule has 0 spiro atoms. The quantitative estimate of drug-likeness (QED) is 0.226. The normalized spacial score (nSPS) is 10.8. The molecule has 0 fully saturated rings. The molecule has 0 bridgehead atoms. The lowest BCUT2D eigenvalue weighted by Gasteiger charge is -2.30. The van der Waals surface area contributed by atoms with Crippen LogP contribution in [0.4, 0.5) is 22.7 Å². The van der Waals surface area contributed by atoms with Gasteiger partial charge in [-0.1, -0.05) is 0 Å². The summed E-state index contributed by atoms with van der Waals surface area (Å²) >= 11 is 0. The van der Waals surface area contributed by atoms with Crippen molar-refractivity contribution in [2.75, 3.05) is 62.4 Å². The summed E-state index contributed by atoms with van der Waals surface area (Å²) in [5.41, 5.74) is 15.3. The molecule has 5 heteroatoms. The molecule has 0 aliphatic carbocycles. The summed E-state index contributed by atoms with van der Waals surface area (Å²) in [7, 11) is 4.60. The first-order valence-corrected chi connectivity index (χ1v) is 8.95. The monoisotopic (exact) mass is 357 g/mol. The average molecular weight is 358 g/mol. The van der Waals surface area contributed by atoms with Crippen molar-refractivity contribution in [3.63, 3.8) is 0 Å². The third-order valence-electron chi connectivity index (χ3n) is 4.36. The molecule has 26 heavy (non-hydrogen) atoms. The van der Waals surface area contributed by atoms with Crippen molar-refractivity contribution in [1.82, 2.24) is 0 Å². The van der Waals surface area contributed by atoms with Gasteiger partial charge in [0, 0.05) is 48.7 Å².